The van der Waals surface area contributed by atoms with Gasteiger partial charge in [-0.15, -0.1) is 0 Å². The molecule has 0 unspecified atom stereocenters. The first-order valence-corrected chi connectivity index (χ1v) is 11.6. The first-order valence-electron chi connectivity index (χ1n) is 11.6. The van der Waals surface area contributed by atoms with Gasteiger partial charge in [0.1, 0.15) is 11.3 Å². The van der Waals surface area contributed by atoms with E-state index in [9.17, 15) is 19.8 Å². The summed E-state index contributed by atoms with van der Waals surface area (Å²) >= 11 is 0. The number of hydrogen-bond donors (Lipinski definition) is 2. The molecule has 180 valence electrons. The lowest BCUT2D eigenvalue weighted by Crippen LogP contribution is -2.14. The van der Waals surface area contributed by atoms with E-state index in [0.717, 1.165) is 27.7 Å². The quantitative estimate of drug-likeness (QED) is 0.231. The Morgan fingerprint density at radius 2 is 1.50 bits per heavy atom. The van der Waals surface area contributed by atoms with E-state index >= 15 is 0 Å². The molecule has 0 saturated heterocycles. The Labute approximate surface area is 210 Å². The molecule has 5 heteroatoms. The summed E-state index contributed by atoms with van der Waals surface area (Å²) in [7, 11) is 0. The molecule has 2 N–H and O–H groups in total. The van der Waals surface area contributed by atoms with Gasteiger partial charge in [-0.2, -0.15) is 0 Å². The molecule has 0 aliphatic carbocycles. The van der Waals surface area contributed by atoms with Crippen LogP contribution in [0, 0.1) is 0 Å². The number of ketones is 1. The van der Waals surface area contributed by atoms with Crippen LogP contribution in [0.4, 0.5) is 0 Å². The summed E-state index contributed by atoms with van der Waals surface area (Å²) in [5.74, 6) is -2.27. The third-order valence-corrected chi connectivity index (χ3v) is 5.88. The van der Waals surface area contributed by atoms with Crippen LogP contribution < -0.4 is 0 Å². The second-order valence-corrected chi connectivity index (χ2v) is 9.60. The summed E-state index contributed by atoms with van der Waals surface area (Å²) in [4.78, 5) is 29.2. The van der Waals surface area contributed by atoms with Gasteiger partial charge in [-0.3, -0.25) is 4.79 Å². The van der Waals surface area contributed by atoms with E-state index in [2.05, 4.69) is 4.98 Å². The topological polar surface area (TPSA) is 87.5 Å². The fourth-order valence-corrected chi connectivity index (χ4v) is 3.80. The number of pyridine rings is 1. The number of para-hydroxylation sites is 1. The zero-order valence-electron chi connectivity index (χ0n) is 20.4. The first kappa shape index (κ1) is 24.6. The Balaban J connectivity index is 1.57. The van der Waals surface area contributed by atoms with Crippen LogP contribution in [0.2, 0.25) is 0 Å². The smallest absolute Gasteiger partial charge is 0.339 e. The molecule has 4 aromatic rings. The highest BCUT2D eigenvalue weighted by Gasteiger charge is 2.23. The van der Waals surface area contributed by atoms with Crippen LogP contribution in [0.3, 0.4) is 0 Å². The Morgan fingerprint density at radius 1 is 0.806 bits per heavy atom. The van der Waals surface area contributed by atoms with Crippen molar-refractivity contribution in [3.05, 3.63) is 112 Å². The van der Waals surface area contributed by atoms with E-state index in [4.69, 9.17) is 0 Å². The molecule has 4 rings (SSSR count). The molecule has 5 nitrogen and oxygen atoms in total. The number of hydrogen-bond acceptors (Lipinski definition) is 4. The second-order valence-electron chi connectivity index (χ2n) is 9.60. The van der Waals surface area contributed by atoms with Crippen LogP contribution in [0.25, 0.3) is 29.1 Å². The normalized spacial score (nSPS) is 12.0. The zero-order chi connectivity index (χ0) is 25.9. The number of phenols is 1. The van der Waals surface area contributed by atoms with E-state index in [1.807, 2.05) is 93.6 Å². The monoisotopic (exact) mass is 477 g/mol. The average Bonchev–Trinajstić information content (AvgIpc) is 2.85. The van der Waals surface area contributed by atoms with Gasteiger partial charge in [0.2, 0.25) is 0 Å². The predicted octanol–water partition coefficient (Wildman–Crippen LogP) is 7.00. The number of nitrogens with zero attached hydrogens (tertiary/aromatic N) is 1. The van der Waals surface area contributed by atoms with Crippen molar-refractivity contribution in [1.82, 2.24) is 4.98 Å². The number of carbonyl (C=O) groups excluding carboxylic acids is 1. The lowest BCUT2D eigenvalue weighted by Gasteiger charge is -2.21. The van der Waals surface area contributed by atoms with Gasteiger partial charge in [0.25, 0.3) is 0 Å². The molecule has 0 aliphatic rings. The number of carboxylic acids is 1. The van der Waals surface area contributed by atoms with Crippen LogP contribution in [0.15, 0.2) is 78.9 Å². The lowest BCUT2D eigenvalue weighted by molar-refractivity contribution is 0.0693. The number of allylic oxidation sites excluding steroid dienone is 1. The van der Waals surface area contributed by atoms with Crippen LogP contribution in [-0.4, -0.2) is 26.9 Å². The van der Waals surface area contributed by atoms with E-state index in [-0.39, 0.29) is 11.1 Å². The van der Waals surface area contributed by atoms with Crippen LogP contribution in [0.5, 0.6) is 5.75 Å². The molecule has 0 amide bonds. The van der Waals surface area contributed by atoms with Gasteiger partial charge in [0, 0.05) is 5.39 Å². The number of benzene rings is 3. The van der Waals surface area contributed by atoms with Gasteiger partial charge in [0.15, 0.2) is 5.78 Å². The second kappa shape index (κ2) is 10.0. The highest BCUT2D eigenvalue weighted by molar-refractivity contribution is 6.10. The maximum absolute atomic E-state index is 12.9. The van der Waals surface area contributed by atoms with E-state index in [1.54, 1.807) is 12.1 Å². The fourth-order valence-electron chi connectivity index (χ4n) is 3.80. The summed E-state index contributed by atoms with van der Waals surface area (Å²) in [5, 5.41) is 21.0. The Morgan fingerprint density at radius 3 is 2.22 bits per heavy atom. The maximum atomic E-state index is 12.9. The zero-order valence-corrected chi connectivity index (χ0v) is 20.4. The van der Waals surface area contributed by atoms with Crippen molar-refractivity contribution in [3.63, 3.8) is 0 Å². The van der Waals surface area contributed by atoms with Crippen molar-refractivity contribution in [1.29, 1.82) is 0 Å². The molecule has 0 bridgehead atoms. The minimum absolute atomic E-state index is 0.0329. The fraction of sp³-hybridized carbons (Fsp3) is 0.129. The minimum atomic E-state index is -1.28. The SMILES string of the molecule is CC(C)(C)c1cc(C(=O)O)c(O)c(C(=O)C=Cc2cccc(C=Cc3ccc4ccccc4n3)c2)c1. The van der Waals surface area contributed by atoms with E-state index < -0.39 is 22.9 Å². The molecule has 3 aromatic carbocycles. The highest BCUT2D eigenvalue weighted by atomic mass is 16.4. The number of aromatic carboxylic acids is 1. The summed E-state index contributed by atoms with van der Waals surface area (Å²) in [6.45, 7) is 5.75. The Kier molecular flexibility index (Phi) is 6.84. The summed E-state index contributed by atoms with van der Waals surface area (Å²) in [6.07, 6.45) is 6.89. The van der Waals surface area contributed by atoms with Crippen LogP contribution in [-0.2, 0) is 5.41 Å². The highest BCUT2D eigenvalue weighted by Crippen LogP contribution is 2.32. The van der Waals surface area contributed by atoms with Crippen molar-refractivity contribution in [2.24, 2.45) is 0 Å². The Bertz CT molecular complexity index is 1520. The third-order valence-electron chi connectivity index (χ3n) is 5.88. The minimum Gasteiger partial charge on any atom is -0.506 e. The van der Waals surface area contributed by atoms with Gasteiger partial charge >= 0.3 is 5.97 Å². The number of fused-ring (bicyclic) bond motifs is 1. The van der Waals surface area contributed by atoms with Crippen molar-refractivity contribution in [2.75, 3.05) is 0 Å². The molecule has 0 saturated carbocycles. The maximum Gasteiger partial charge on any atom is 0.339 e. The molecule has 1 aromatic heterocycles. The van der Waals surface area contributed by atoms with Crippen molar-refractivity contribution >= 4 is 40.9 Å². The summed E-state index contributed by atoms with van der Waals surface area (Å²) in [5.41, 5.74) is 3.45. The van der Waals surface area contributed by atoms with Crippen molar-refractivity contribution in [2.45, 2.75) is 26.2 Å². The Hall–Kier alpha value is -4.51. The molecule has 36 heavy (non-hydrogen) atoms. The van der Waals surface area contributed by atoms with Gasteiger partial charge < -0.3 is 10.2 Å². The summed E-state index contributed by atoms with van der Waals surface area (Å²) in [6, 6.07) is 22.5. The van der Waals surface area contributed by atoms with E-state index in [1.165, 1.54) is 12.1 Å². The molecular formula is C31H27NO4. The van der Waals surface area contributed by atoms with Gasteiger partial charge in [-0.25, -0.2) is 9.78 Å². The standard InChI is InChI=1S/C31H27NO4/c1-31(2,3)23-18-25(29(34)26(19-23)30(35)36)28(33)16-12-21-8-6-7-20(17-21)11-14-24-15-13-22-9-4-5-10-27(22)32-24/h4-19,34H,1-3H3,(H,35,36). The third kappa shape index (κ3) is 5.58. The molecular weight excluding hydrogens is 450 g/mol. The van der Waals surface area contributed by atoms with Crippen molar-refractivity contribution in [3.8, 4) is 5.75 Å². The number of carboxylic acid groups (broad SMARTS) is 1. The number of rotatable bonds is 6. The largest absolute Gasteiger partial charge is 0.506 e. The summed E-state index contributed by atoms with van der Waals surface area (Å²) < 4.78 is 0. The molecule has 0 spiro atoms. The average molecular weight is 478 g/mol. The molecule has 0 atom stereocenters. The molecule has 0 radical (unpaired) electrons. The predicted molar refractivity (Wildman–Crippen MR) is 144 cm³/mol. The molecule has 0 aliphatic heterocycles. The first-order chi connectivity index (χ1) is 17.1. The van der Waals surface area contributed by atoms with E-state index in [0.29, 0.717) is 5.56 Å². The van der Waals surface area contributed by atoms with Gasteiger partial charge in [-0.1, -0.05) is 75.4 Å². The van der Waals surface area contributed by atoms with Gasteiger partial charge in [0.05, 0.1) is 16.8 Å². The molecule has 1 heterocycles. The molecule has 0 fully saturated rings. The van der Waals surface area contributed by atoms with Crippen LogP contribution >= 0.6 is 0 Å². The van der Waals surface area contributed by atoms with Gasteiger partial charge in [-0.05, 0) is 64.6 Å². The number of aromatic hydroxyl groups is 1. The number of aromatic nitrogens is 1. The number of carbonyl (C=O) groups is 2. The van der Waals surface area contributed by atoms with Crippen LogP contribution in [0.1, 0.15) is 63.9 Å². The van der Waals surface area contributed by atoms with Crippen molar-refractivity contribution < 1.29 is 19.8 Å². The lowest BCUT2D eigenvalue weighted by atomic mass is 9.84.